The molecule has 3 atom stereocenters. The lowest BCUT2D eigenvalue weighted by atomic mass is 9.82. The monoisotopic (exact) mass is 658 g/mol. The number of amides is 3. The molecule has 11 nitrogen and oxygen atoms in total. The van der Waals surface area contributed by atoms with Gasteiger partial charge in [-0.3, -0.25) is 34.6 Å². The van der Waals surface area contributed by atoms with E-state index in [0.717, 1.165) is 36.8 Å². The van der Waals surface area contributed by atoms with Gasteiger partial charge in [-0.05, 0) is 69.1 Å². The van der Waals surface area contributed by atoms with E-state index in [1.54, 1.807) is 24.5 Å². The molecule has 1 saturated carbocycles. The van der Waals surface area contributed by atoms with Gasteiger partial charge in [-0.2, -0.15) is 8.42 Å². The highest BCUT2D eigenvalue weighted by Crippen LogP contribution is 2.27. The molecule has 3 rings (SSSR count). The predicted molar refractivity (Wildman–Crippen MR) is 178 cm³/mol. The van der Waals surface area contributed by atoms with E-state index < -0.39 is 39.8 Å². The van der Waals surface area contributed by atoms with Crippen molar-refractivity contribution in [3.05, 3.63) is 71.8 Å². The van der Waals surface area contributed by atoms with Crippen LogP contribution >= 0.6 is 0 Å². The van der Waals surface area contributed by atoms with Gasteiger partial charge in [-0.15, -0.1) is 0 Å². The number of rotatable bonds is 12. The number of aryl methyl sites for hydroxylation is 1. The van der Waals surface area contributed by atoms with Gasteiger partial charge in [-0.25, -0.2) is 5.48 Å². The summed E-state index contributed by atoms with van der Waals surface area (Å²) in [6.45, 7) is 7.80. The zero-order chi connectivity index (χ0) is 34.3. The van der Waals surface area contributed by atoms with Crippen LogP contribution in [0.3, 0.4) is 0 Å². The van der Waals surface area contributed by atoms with Crippen molar-refractivity contribution in [3.8, 4) is 0 Å². The Bertz CT molecular complexity index is 1370. The standard InChI is InChI=1S/C27H42N4O4.C7H8O3S/c1-19(2)17-24(23(26(33)30-35)16-10-15-21-11-6-4-7-12-21)25(32)29-31(27(34)20(3)28)18-22-13-8-5-9-14-22;1-6-2-4-7(5-3-6)11(8,9)10/h4,6-7,10-12,15,19-20,22-24,35H,5,8-9,13-14,16-18,28H2,1-3H3,(H,29,32)(H,30,33);2-5H,1H3,(H,8,9,10)/b15-10+;/t20-,23+,24-;/m1./s1. The third-order valence-corrected chi connectivity index (χ3v) is 8.75. The Morgan fingerprint density at radius 3 is 2.09 bits per heavy atom. The van der Waals surface area contributed by atoms with Gasteiger partial charge >= 0.3 is 0 Å². The average molecular weight is 659 g/mol. The Morgan fingerprint density at radius 1 is 0.957 bits per heavy atom. The predicted octanol–water partition coefficient (Wildman–Crippen LogP) is 4.90. The molecule has 0 heterocycles. The number of nitrogens with two attached hydrogens (primary N) is 1. The highest BCUT2D eigenvalue weighted by atomic mass is 32.2. The first-order valence-electron chi connectivity index (χ1n) is 15.8. The van der Waals surface area contributed by atoms with Crippen molar-refractivity contribution in [1.29, 1.82) is 0 Å². The smallest absolute Gasteiger partial charge is 0.294 e. The first-order valence-corrected chi connectivity index (χ1v) is 17.2. The Morgan fingerprint density at radius 2 is 1.57 bits per heavy atom. The number of nitrogens with zero attached hydrogens (tertiary/aromatic N) is 1. The van der Waals surface area contributed by atoms with Gasteiger partial charge in [0.15, 0.2) is 0 Å². The lowest BCUT2D eigenvalue weighted by Gasteiger charge is -2.33. The molecule has 0 radical (unpaired) electrons. The minimum atomic E-state index is -4.02. The van der Waals surface area contributed by atoms with Gasteiger partial charge in [0, 0.05) is 6.54 Å². The topological polar surface area (TPSA) is 179 Å². The quantitative estimate of drug-likeness (QED) is 0.121. The van der Waals surface area contributed by atoms with E-state index >= 15 is 0 Å². The van der Waals surface area contributed by atoms with E-state index in [-0.39, 0.29) is 23.1 Å². The van der Waals surface area contributed by atoms with Crippen LogP contribution in [-0.4, -0.2) is 53.5 Å². The maximum atomic E-state index is 13.5. The molecule has 6 N–H and O–H groups in total. The zero-order valence-corrected chi connectivity index (χ0v) is 28.1. The average Bonchev–Trinajstić information content (AvgIpc) is 3.02. The van der Waals surface area contributed by atoms with Crippen LogP contribution in [-0.2, 0) is 24.5 Å². The molecule has 0 aliphatic heterocycles. The highest BCUT2D eigenvalue weighted by Gasteiger charge is 2.35. The minimum Gasteiger partial charge on any atom is -0.320 e. The number of carbonyl (C=O) groups excluding carboxylic acids is 3. The van der Waals surface area contributed by atoms with E-state index in [9.17, 15) is 28.0 Å². The summed E-state index contributed by atoms with van der Waals surface area (Å²) in [6.07, 6.45) is 9.84. The number of hydroxylamine groups is 1. The van der Waals surface area contributed by atoms with E-state index in [1.165, 1.54) is 23.6 Å². The number of hydrogen-bond donors (Lipinski definition) is 5. The van der Waals surface area contributed by atoms with Crippen molar-refractivity contribution in [1.82, 2.24) is 15.9 Å². The van der Waals surface area contributed by atoms with Crippen molar-refractivity contribution >= 4 is 33.9 Å². The van der Waals surface area contributed by atoms with Crippen LogP contribution in [0, 0.1) is 30.6 Å². The third kappa shape index (κ3) is 13.4. The lowest BCUT2D eigenvalue weighted by Crippen LogP contribution is -2.56. The highest BCUT2D eigenvalue weighted by molar-refractivity contribution is 7.85. The van der Waals surface area contributed by atoms with E-state index in [0.29, 0.717) is 18.9 Å². The second-order valence-electron chi connectivity index (χ2n) is 12.4. The van der Waals surface area contributed by atoms with Crippen LogP contribution in [0.2, 0.25) is 0 Å². The van der Waals surface area contributed by atoms with Crippen LogP contribution in [0.5, 0.6) is 0 Å². The normalized spacial score (nSPS) is 15.7. The number of benzene rings is 2. The van der Waals surface area contributed by atoms with Crippen LogP contribution < -0.4 is 16.6 Å². The Labute approximate surface area is 273 Å². The molecule has 0 bridgehead atoms. The minimum absolute atomic E-state index is 0.0666. The number of hydrazine groups is 1. The molecule has 3 amide bonds. The Kier molecular flexibility index (Phi) is 16.1. The number of allylic oxidation sites excluding steroid dienone is 1. The molecule has 1 aliphatic rings. The fourth-order valence-corrected chi connectivity index (χ4v) is 5.88. The van der Waals surface area contributed by atoms with Gasteiger partial charge in [0.2, 0.25) is 11.8 Å². The maximum absolute atomic E-state index is 13.5. The largest absolute Gasteiger partial charge is 0.320 e. The van der Waals surface area contributed by atoms with Crippen LogP contribution in [0.4, 0.5) is 0 Å². The van der Waals surface area contributed by atoms with E-state index in [1.807, 2.05) is 63.3 Å². The molecule has 46 heavy (non-hydrogen) atoms. The molecule has 0 saturated heterocycles. The first-order chi connectivity index (χ1) is 21.7. The number of nitrogens with one attached hydrogen (secondary N) is 2. The first kappa shape index (κ1) is 38.6. The summed E-state index contributed by atoms with van der Waals surface area (Å²) < 4.78 is 29.6. The summed E-state index contributed by atoms with van der Waals surface area (Å²) in [5.41, 5.74) is 12.3. The fourth-order valence-electron chi connectivity index (χ4n) is 5.40. The Hall–Kier alpha value is -3.58. The molecular weight excluding hydrogens is 608 g/mol. The third-order valence-electron chi connectivity index (χ3n) is 7.88. The fraction of sp³-hybridized carbons (Fsp3) is 0.500. The van der Waals surface area contributed by atoms with Gasteiger partial charge in [0.05, 0.1) is 22.8 Å². The molecule has 0 aromatic heterocycles. The molecule has 254 valence electrons. The number of carbonyl (C=O) groups is 3. The van der Waals surface area contributed by atoms with Crippen LogP contribution in [0.25, 0.3) is 6.08 Å². The summed E-state index contributed by atoms with van der Waals surface area (Å²) >= 11 is 0. The molecule has 0 spiro atoms. The second kappa shape index (κ2) is 19.2. The molecule has 2 aromatic rings. The zero-order valence-electron chi connectivity index (χ0n) is 27.3. The number of hydrogen-bond acceptors (Lipinski definition) is 7. The van der Waals surface area contributed by atoms with Crippen molar-refractivity contribution in [2.75, 3.05) is 6.54 Å². The molecule has 1 fully saturated rings. The maximum Gasteiger partial charge on any atom is 0.294 e. The summed E-state index contributed by atoms with van der Waals surface area (Å²) in [5, 5.41) is 10.8. The molecule has 12 heteroatoms. The second-order valence-corrected chi connectivity index (χ2v) is 13.8. The van der Waals surface area contributed by atoms with Crippen molar-refractivity contribution in [2.24, 2.45) is 29.4 Å². The summed E-state index contributed by atoms with van der Waals surface area (Å²) in [4.78, 5) is 38.9. The molecule has 0 unspecified atom stereocenters. The molecule has 2 aromatic carbocycles. The van der Waals surface area contributed by atoms with Gasteiger partial charge in [0.1, 0.15) is 0 Å². The van der Waals surface area contributed by atoms with Gasteiger partial charge in [0.25, 0.3) is 16.0 Å². The van der Waals surface area contributed by atoms with Crippen molar-refractivity contribution in [2.45, 2.75) is 83.6 Å². The van der Waals surface area contributed by atoms with Gasteiger partial charge < -0.3 is 5.73 Å². The van der Waals surface area contributed by atoms with Crippen molar-refractivity contribution in [3.63, 3.8) is 0 Å². The summed E-state index contributed by atoms with van der Waals surface area (Å²) in [5.74, 6) is -2.50. The van der Waals surface area contributed by atoms with Crippen LogP contribution in [0.15, 0.2) is 65.6 Å². The lowest BCUT2D eigenvalue weighted by molar-refractivity contribution is -0.148. The SMILES string of the molecule is CC(C)C[C@@H](C(=O)NN(CC1CCCCC1)C(=O)[C@@H](C)N)[C@H](C/C=C/c1ccccc1)C(=O)NO.Cc1ccc(S(=O)(=O)O)cc1. The summed E-state index contributed by atoms with van der Waals surface area (Å²) in [7, 11) is -4.02. The summed E-state index contributed by atoms with van der Waals surface area (Å²) in [6, 6.07) is 14.9. The van der Waals surface area contributed by atoms with Gasteiger partial charge in [-0.1, -0.05) is 93.3 Å². The van der Waals surface area contributed by atoms with E-state index in [2.05, 4.69) is 5.43 Å². The van der Waals surface area contributed by atoms with E-state index in [4.69, 9.17) is 10.3 Å². The van der Waals surface area contributed by atoms with Crippen LogP contribution in [0.1, 0.15) is 76.8 Å². The molecule has 1 aliphatic carbocycles. The molecular formula is C34H50N4O7S. The van der Waals surface area contributed by atoms with Crippen molar-refractivity contribution < 1.29 is 32.6 Å². The Balaban J connectivity index is 0.000000562.